The van der Waals surface area contributed by atoms with Crippen molar-refractivity contribution in [1.29, 1.82) is 0 Å². The second kappa shape index (κ2) is 8.58. The first-order valence-corrected chi connectivity index (χ1v) is 8.59. The van der Waals surface area contributed by atoms with E-state index in [0.29, 0.717) is 17.2 Å². The lowest BCUT2D eigenvalue weighted by molar-refractivity contribution is -0.158. The Balaban J connectivity index is 2.04. The minimum Gasteiger partial charge on any atom is -0.493 e. The van der Waals surface area contributed by atoms with Gasteiger partial charge in [0.15, 0.2) is 17.6 Å². The number of amides is 1. The van der Waals surface area contributed by atoms with E-state index in [1.807, 2.05) is 30.3 Å². The molecule has 2 aromatic carbocycles. The van der Waals surface area contributed by atoms with Crippen molar-refractivity contribution in [3.8, 4) is 11.5 Å². The minimum atomic E-state index is -0.950. The molecular formula is C21H25NO5. The Labute approximate surface area is 159 Å². The summed E-state index contributed by atoms with van der Waals surface area (Å²) in [6.45, 7) is 5.07. The lowest BCUT2D eigenvalue weighted by Gasteiger charge is -2.25. The molecule has 27 heavy (non-hydrogen) atoms. The molecule has 2 aromatic rings. The normalized spacial score (nSPS) is 12.0. The van der Waals surface area contributed by atoms with Crippen molar-refractivity contribution in [2.24, 2.45) is 0 Å². The summed E-state index contributed by atoms with van der Waals surface area (Å²) in [5.41, 5.74) is 0.476. The van der Waals surface area contributed by atoms with Gasteiger partial charge in [0.25, 0.3) is 5.91 Å². The smallest absolute Gasteiger partial charge is 0.316 e. The summed E-state index contributed by atoms with van der Waals surface area (Å²) < 4.78 is 15.8. The third-order valence-electron chi connectivity index (χ3n) is 4.31. The molecule has 0 saturated carbocycles. The lowest BCUT2D eigenvalue weighted by Crippen LogP contribution is -2.37. The van der Waals surface area contributed by atoms with Crippen molar-refractivity contribution in [1.82, 2.24) is 0 Å². The molecule has 0 unspecified atom stereocenters. The highest BCUT2D eigenvalue weighted by molar-refractivity contribution is 5.96. The molecule has 1 N–H and O–H groups in total. The summed E-state index contributed by atoms with van der Waals surface area (Å²) in [6, 6.07) is 14.3. The molecule has 0 aliphatic heterocycles. The maximum Gasteiger partial charge on any atom is 0.316 e. The summed E-state index contributed by atoms with van der Waals surface area (Å²) in [7, 11) is 3.05. The zero-order valence-corrected chi connectivity index (χ0v) is 16.2. The second-order valence-electron chi connectivity index (χ2n) is 6.60. The van der Waals surface area contributed by atoms with Gasteiger partial charge < -0.3 is 19.5 Å². The van der Waals surface area contributed by atoms with Gasteiger partial charge in [0, 0.05) is 11.8 Å². The summed E-state index contributed by atoms with van der Waals surface area (Å²) in [5.74, 6) is 0.146. The first-order chi connectivity index (χ1) is 12.8. The molecule has 2 rings (SSSR count). The average molecular weight is 371 g/mol. The number of carbonyl (C=O) groups is 2. The number of methoxy groups -OCH3 is 2. The van der Waals surface area contributed by atoms with Crippen LogP contribution < -0.4 is 14.8 Å². The van der Waals surface area contributed by atoms with Crippen molar-refractivity contribution in [2.45, 2.75) is 32.3 Å². The largest absolute Gasteiger partial charge is 0.493 e. The summed E-state index contributed by atoms with van der Waals surface area (Å²) in [5, 5.41) is 2.71. The van der Waals surface area contributed by atoms with Crippen LogP contribution in [0.3, 0.4) is 0 Å². The monoisotopic (exact) mass is 371 g/mol. The highest BCUT2D eigenvalue weighted by Gasteiger charge is 2.33. The van der Waals surface area contributed by atoms with E-state index in [2.05, 4.69) is 5.32 Å². The fourth-order valence-electron chi connectivity index (χ4n) is 2.49. The van der Waals surface area contributed by atoms with E-state index in [4.69, 9.17) is 14.2 Å². The van der Waals surface area contributed by atoms with Crippen LogP contribution in [0, 0.1) is 0 Å². The topological polar surface area (TPSA) is 73.9 Å². The third-order valence-corrected chi connectivity index (χ3v) is 4.31. The van der Waals surface area contributed by atoms with Gasteiger partial charge >= 0.3 is 5.97 Å². The Morgan fingerprint density at radius 3 is 2.19 bits per heavy atom. The number of anilines is 1. The third kappa shape index (κ3) is 4.78. The predicted octanol–water partition coefficient (Wildman–Crippen LogP) is 3.55. The molecular weight excluding hydrogens is 346 g/mol. The Bertz CT molecular complexity index is 801. The van der Waals surface area contributed by atoms with Gasteiger partial charge in [-0.05, 0) is 38.5 Å². The first kappa shape index (κ1) is 20.3. The second-order valence-corrected chi connectivity index (χ2v) is 6.60. The van der Waals surface area contributed by atoms with Crippen molar-refractivity contribution < 1.29 is 23.8 Å². The molecule has 1 atom stereocenters. The molecule has 0 fully saturated rings. The van der Waals surface area contributed by atoms with Crippen molar-refractivity contribution in [3.05, 3.63) is 54.1 Å². The van der Waals surface area contributed by atoms with Crippen LogP contribution in [0.4, 0.5) is 5.69 Å². The Morgan fingerprint density at radius 2 is 1.59 bits per heavy atom. The van der Waals surface area contributed by atoms with Gasteiger partial charge in [0.2, 0.25) is 0 Å². The van der Waals surface area contributed by atoms with Crippen LogP contribution in [0.5, 0.6) is 11.5 Å². The maximum absolute atomic E-state index is 12.6. The summed E-state index contributed by atoms with van der Waals surface area (Å²) in [6.07, 6.45) is -0.950. The summed E-state index contributed by atoms with van der Waals surface area (Å²) >= 11 is 0. The molecule has 0 saturated heterocycles. The number of nitrogens with one attached hydrogen (secondary N) is 1. The molecule has 144 valence electrons. The van der Waals surface area contributed by atoms with Crippen LogP contribution in [0.2, 0.25) is 0 Å². The zero-order chi connectivity index (χ0) is 20.0. The molecule has 0 aliphatic rings. The summed E-state index contributed by atoms with van der Waals surface area (Å²) in [4.78, 5) is 25.0. The number of esters is 1. The van der Waals surface area contributed by atoms with E-state index in [1.54, 1.807) is 32.0 Å². The lowest BCUT2D eigenvalue weighted by atomic mass is 9.85. The van der Waals surface area contributed by atoms with Crippen molar-refractivity contribution in [3.63, 3.8) is 0 Å². The fourth-order valence-corrected chi connectivity index (χ4v) is 2.49. The molecule has 1 amide bonds. The quantitative estimate of drug-likeness (QED) is 0.754. The molecule has 6 heteroatoms. The number of carbonyl (C=O) groups excluding carboxylic acids is 2. The van der Waals surface area contributed by atoms with E-state index >= 15 is 0 Å². The Kier molecular flexibility index (Phi) is 6.45. The van der Waals surface area contributed by atoms with E-state index in [1.165, 1.54) is 21.1 Å². The van der Waals surface area contributed by atoms with Crippen LogP contribution in [0.25, 0.3) is 0 Å². The Morgan fingerprint density at radius 1 is 0.963 bits per heavy atom. The fraction of sp³-hybridized carbons (Fsp3) is 0.333. The standard InChI is InChI=1S/C21H25NO5/c1-14(27-20(24)21(2,3)15-9-7-6-8-10-15)19(23)22-16-11-12-17(25-4)18(13-16)26-5/h6-14H,1-5H3,(H,22,23)/t14-/m1/s1. The number of ether oxygens (including phenoxy) is 3. The molecule has 0 radical (unpaired) electrons. The van der Waals surface area contributed by atoms with Gasteiger partial charge in [0.05, 0.1) is 19.6 Å². The van der Waals surface area contributed by atoms with Crippen LogP contribution in [0.1, 0.15) is 26.3 Å². The van der Waals surface area contributed by atoms with Gasteiger partial charge in [-0.2, -0.15) is 0 Å². The number of benzene rings is 2. The highest BCUT2D eigenvalue weighted by Crippen LogP contribution is 2.30. The van der Waals surface area contributed by atoms with E-state index in [9.17, 15) is 9.59 Å². The van der Waals surface area contributed by atoms with Crippen molar-refractivity contribution >= 4 is 17.6 Å². The van der Waals surface area contributed by atoms with Crippen molar-refractivity contribution in [2.75, 3.05) is 19.5 Å². The van der Waals surface area contributed by atoms with E-state index < -0.39 is 23.4 Å². The van der Waals surface area contributed by atoms with E-state index in [-0.39, 0.29) is 0 Å². The zero-order valence-electron chi connectivity index (χ0n) is 16.2. The molecule has 0 spiro atoms. The maximum atomic E-state index is 12.6. The molecule has 0 bridgehead atoms. The molecule has 6 nitrogen and oxygen atoms in total. The van der Waals surface area contributed by atoms with Gasteiger partial charge in [0.1, 0.15) is 0 Å². The van der Waals surface area contributed by atoms with Crippen LogP contribution >= 0.6 is 0 Å². The SMILES string of the molecule is COc1ccc(NC(=O)[C@@H](C)OC(=O)C(C)(C)c2ccccc2)cc1OC. The Hall–Kier alpha value is -3.02. The number of hydrogen-bond donors (Lipinski definition) is 1. The van der Waals surface area contributed by atoms with Gasteiger partial charge in [-0.25, -0.2) is 0 Å². The highest BCUT2D eigenvalue weighted by atomic mass is 16.5. The van der Waals surface area contributed by atoms with Gasteiger partial charge in [-0.1, -0.05) is 30.3 Å². The van der Waals surface area contributed by atoms with Crippen LogP contribution in [-0.4, -0.2) is 32.2 Å². The van der Waals surface area contributed by atoms with Gasteiger partial charge in [-0.15, -0.1) is 0 Å². The first-order valence-electron chi connectivity index (χ1n) is 8.59. The van der Waals surface area contributed by atoms with Crippen LogP contribution in [0.15, 0.2) is 48.5 Å². The van der Waals surface area contributed by atoms with E-state index in [0.717, 1.165) is 5.56 Å². The minimum absolute atomic E-state index is 0.431. The molecule has 0 aromatic heterocycles. The van der Waals surface area contributed by atoms with Crippen LogP contribution in [-0.2, 0) is 19.7 Å². The average Bonchev–Trinajstić information content (AvgIpc) is 2.68. The van der Waals surface area contributed by atoms with Gasteiger partial charge in [-0.3, -0.25) is 9.59 Å². The predicted molar refractivity (Wildman–Crippen MR) is 103 cm³/mol. The number of hydrogen-bond acceptors (Lipinski definition) is 5. The molecule has 0 heterocycles. The molecule has 0 aliphatic carbocycles. The number of rotatable bonds is 7.